The van der Waals surface area contributed by atoms with E-state index in [1.165, 1.54) is 18.3 Å². The predicted molar refractivity (Wildman–Crippen MR) is 106 cm³/mol. The molecule has 0 bridgehead atoms. The first-order valence-electron chi connectivity index (χ1n) is 9.38. The number of aryl methyl sites for hydroxylation is 1. The largest absolute Gasteiger partial charge is 0.507 e. The first-order chi connectivity index (χ1) is 13.4. The maximum atomic E-state index is 13.0. The number of anilines is 1. The Morgan fingerprint density at radius 1 is 1.25 bits per heavy atom. The standard InChI is InChI=1S/C20H22N4O4/c1-10-5-4-6-11(2)24(10)20-22-17-16(18(26)23-20)13(7-8-21-17)15-14(25)9-12(3)28-19(15)27/h7-11,25H,4-6H2,1-3H3,(H,21,22,23,26)/t10-,11+. The lowest BCUT2D eigenvalue weighted by atomic mass is 9.98. The van der Waals surface area contributed by atoms with Gasteiger partial charge in [-0.2, -0.15) is 4.98 Å². The van der Waals surface area contributed by atoms with Gasteiger partial charge in [0.2, 0.25) is 5.95 Å². The number of piperidine rings is 1. The molecule has 3 aromatic heterocycles. The molecular formula is C20H22N4O4. The van der Waals surface area contributed by atoms with Crippen LogP contribution in [0, 0.1) is 6.92 Å². The van der Waals surface area contributed by atoms with E-state index in [0.29, 0.717) is 5.95 Å². The fourth-order valence-corrected chi connectivity index (χ4v) is 4.06. The number of hydrogen-bond acceptors (Lipinski definition) is 7. The molecule has 28 heavy (non-hydrogen) atoms. The molecule has 8 nitrogen and oxygen atoms in total. The van der Waals surface area contributed by atoms with Crippen LogP contribution in [-0.2, 0) is 0 Å². The lowest BCUT2D eigenvalue weighted by Crippen LogP contribution is -2.45. The van der Waals surface area contributed by atoms with Crippen molar-refractivity contribution >= 4 is 17.0 Å². The highest BCUT2D eigenvalue weighted by molar-refractivity contribution is 5.93. The van der Waals surface area contributed by atoms with E-state index < -0.39 is 11.2 Å². The molecule has 2 atom stereocenters. The minimum Gasteiger partial charge on any atom is -0.507 e. The Balaban J connectivity index is 1.94. The van der Waals surface area contributed by atoms with Crippen LogP contribution in [0.25, 0.3) is 22.2 Å². The second-order valence-electron chi connectivity index (χ2n) is 7.39. The van der Waals surface area contributed by atoms with E-state index in [9.17, 15) is 14.7 Å². The molecule has 0 amide bonds. The summed E-state index contributed by atoms with van der Waals surface area (Å²) in [4.78, 5) is 39.1. The van der Waals surface area contributed by atoms with E-state index >= 15 is 0 Å². The van der Waals surface area contributed by atoms with E-state index in [1.807, 2.05) is 0 Å². The second kappa shape index (κ2) is 6.78. The molecule has 1 saturated heterocycles. The number of rotatable bonds is 2. The molecule has 1 aliphatic rings. The van der Waals surface area contributed by atoms with Crippen LogP contribution in [0.4, 0.5) is 5.95 Å². The quantitative estimate of drug-likeness (QED) is 0.701. The van der Waals surface area contributed by atoms with Crippen molar-refractivity contribution < 1.29 is 9.52 Å². The van der Waals surface area contributed by atoms with Crippen LogP contribution in [0.15, 0.2) is 32.3 Å². The summed E-state index contributed by atoms with van der Waals surface area (Å²) in [6.07, 6.45) is 4.66. The Hall–Kier alpha value is -3.16. The van der Waals surface area contributed by atoms with Gasteiger partial charge in [-0.15, -0.1) is 0 Å². The molecule has 3 aromatic rings. The molecule has 0 radical (unpaired) electrons. The molecule has 0 aliphatic carbocycles. The molecule has 8 heteroatoms. The first kappa shape index (κ1) is 18.2. The van der Waals surface area contributed by atoms with E-state index in [4.69, 9.17) is 4.42 Å². The van der Waals surface area contributed by atoms with Crippen molar-refractivity contribution in [3.63, 3.8) is 0 Å². The van der Waals surface area contributed by atoms with Gasteiger partial charge in [0.05, 0.1) is 5.39 Å². The van der Waals surface area contributed by atoms with Crippen molar-refractivity contribution in [3.05, 3.63) is 44.9 Å². The molecular weight excluding hydrogens is 360 g/mol. The van der Waals surface area contributed by atoms with Gasteiger partial charge in [-0.05, 0) is 46.1 Å². The van der Waals surface area contributed by atoms with Crippen LogP contribution in [0.1, 0.15) is 38.9 Å². The van der Waals surface area contributed by atoms with Crippen molar-refractivity contribution in [2.75, 3.05) is 4.90 Å². The lowest BCUT2D eigenvalue weighted by molar-refractivity contribution is 0.407. The first-order valence-corrected chi connectivity index (χ1v) is 9.38. The zero-order valence-corrected chi connectivity index (χ0v) is 16.0. The maximum absolute atomic E-state index is 13.0. The number of nitrogens with one attached hydrogen (secondary N) is 1. The average Bonchev–Trinajstić information content (AvgIpc) is 2.60. The maximum Gasteiger partial charge on any atom is 0.347 e. The molecule has 4 rings (SSSR count). The van der Waals surface area contributed by atoms with Crippen molar-refractivity contribution in [1.29, 1.82) is 0 Å². The van der Waals surface area contributed by atoms with E-state index in [1.54, 1.807) is 6.92 Å². The summed E-state index contributed by atoms with van der Waals surface area (Å²) in [6, 6.07) is 3.35. The third-order valence-electron chi connectivity index (χ3n) is 5.36. The Morgan fingerprint density at radius 3 is 2.64 bits per heavy atom. The minimum atomic E-state index is -0.716. The highest BCUT2D eigenvalue weighted by atomic mass is 16.4. The van der Waals surface area contributed by atoms with Crippen LogP contribution in [0.5, 0.6) is 5.75 Å². The van der Waals surface area contributed by atoms with E-state index in [-0.39, 0.29) is 45.8 Å². The molecule has 0 unspecified atom stereocenters. The van der Waals surface area contributed by atoms with E-state index in [0.717, 1.165) is 19.3 Å². The molecule has 1 aliphatic heterocycles. The summed E-state index contributed by atoms with van der Waals surface area (Å²) in [5.74, 6) is 0.511. The number of aromatic nitrogens is 3. The molecule has 0 spiro atoms. The Bertz CT molecular complexity index is 1160. The summed E-state index contributed by atoms with van der Waals surface area (Å²) in [7, 11) is 0. The van der Waals surface area contributed by atoms with Crippen molar-refractivity contribution in [1.82, 2.24) is 15.0 Å². The summed E-state index contributed by atoms with van der Waals surface area (Å²) >= 11 is 0. The molecule has 146 valence electrons. The zero-order valence-electron chi connectivity index (χ0n) is 16.0. The smallest absolute Gasteiger partial charge is 0.347 e. The van der Waals surface area contributed by atoms with Gasteiger partial charge in [0.1, 0.15) is 17.1 Å². The van der Waals surface area contributed by atoms with Gasteiger partial charge in [0.15, 0.2) is 5.65 Å². The number of aromatic amines is 1. The fourth-order valence-electron chi connectivity index (χ4n) is 4.06. The number of aromatic hydroxyl groups is 1. The van der Waals surface area contributed by atoms with Crippen LogP contribution >= 0.6 is 0 Å². The predicted octanol–water partition coefficient (Wildman–Crippen LogP) is 2.72. The van der Waals surface area contributed by atoms with Gasteiger partial charge >= 0.3 is 5.63 Å². The third-order valence-corrected chi connectivity index (χ3v) is 5.36. The lowest BCUT2D eigenvalue weighted by Gasteiger charge is -2.39. The molecule has 1 fully saturated rings. The summed E-state index contributed by atoms with van der Waals surface area (Å²) < 4.78 is 5.10. The molecule has 0 aromatic carbocycles. The SMILES string of the molecule is Cc1cc(O)c(-c2ccnc3nc(N4[C@H](C)CCC[C@@H]4C)[nH]c(=O)c23)c(=O)o1. The number of nitrogens with zero attached hydrogens (tertiary/aromatic N) is 3. The minimum absolute atomic E-state index is 0.0715. The fraction of sp³-hybridized carbons (Fsp3) is 0.400. The zero-order chi connectivity index (χ0) is 20.0. The Kier molecular flexibility index (Phi) is 4.41. The highest BCUT2D eigenvalue weighted by Gasteiger charge is 2.28. The highest BCUT2D eigenvalue weighted by Crippen LogP contribution is 2.31. The molecule has 0 saturated carbocycles. The Labute approximate surface area is 160 Å². The van der Waals surface area contributed by atoms with Crippen LogP contribution < -0.4 is 16.1 Å². The Morgan fingerprint density at radius 2 is 1.96 bits per heavy atom. The van der Waals surface area contributed by atoms with Crippen LogP contribution in [0.3, 0.4) is 0 Å². The third kappa shape index (κ3) is 2.94. The van der Waals surface area contributed by atoms with E-state index in [2.05, 4.69) is 33.7 Å². The number of hydrogen-bond donors (Lipinski definition) is 2. The van der Waals surface area contributed by atoms with Crippen molar-refractivity contribution in [3.8, 4) is 16.9 Å². The van der Waals surface area contributed by atoms with Gasteiger partial charge < -0.3 is 14.4 Å². The van der Waals surface area contributed by atoms with Gasteiger partial charge in [0.25, 0.3) is 5.56 Å². The van der Waals surface area contributed by atoms with Gasteiger partial charge in [-0.3, -0.25) is 9.78 Å². The topological polar surface area (TPSA) is 112 Å². The number of pyridine rings is 1. The number of H-pyrrole nitrogens is 1. The van der Waals surface area contributed by atoms with Crippen molar-refractivity contribution in [2.45, 2.75) is 52.1 Å². The number of fused-ring (bicyclic) bond motifs is 1. The normalized spacial score (nSPS) is 19.9. The van der Waals surface area contributed by atoms with Gasteiger partial charge in [0, 0.05) is 29.9 Å². The molecule has 4 heterocycles. The summed E-state index contributed by atoms with van der Waals surface area (Å²) in [5.41, 5.74) is -0.728. The van der Waals surface area contributed by atoms with Crippen molar-refractivity contribution in [2.24, 2.45) is 0 Å². The van der Waals surface area contributed by atoms with Crippen LogP contribution in [-0.4, -0.2) is 32.1 Å². The molecule has 2 N–H and O–H groups in total. The summed E-state index contributed by atoms with van der Waals surface area (Å²) in [6.45, 7) is 5.79. The average molecular weight is 382 g/mol. The monoisotopic (exact) mass is 382 g/mol. The van der Waals surface area contributed by atoms with Gasteiger partial charge in [-0.25, -0.2) is 9.78 Å². The van der Waals surface area contributed by atoms with Gasteiger partial charge in [-0.1, -0.05) is 0 Å². The summed E-state index contributed by atoms with van der Waals surface area (Å²) in [5, 5.41) is 10.4. The second-order valence-corrected chi connectivity index (χ2v) is 7.39. The van der Waals surface area contributed by atoms with Crippen LogP contribution in [0.2, 0.25) is 0 Å².